The van der Waals surface area contributed by atoms with E-state index in [-0.39, 0.29) is 10.9 Å². The van der Waals surface area contributed by atoms with E-state index in [2.05, 4.69) is 30.6 Å². The highest BCUT2D eigenvalue weighted by molar-refractivity contribution is 7.89. The first-order chi connectivity index (χ1) is 16.2. The van der Waals surface area contributed by atoms with Crippen molar-refractivity contribution in [2.75, 3.05) is 7.05 Å². The molecule has 1 saturated carbocycles. The first-order valence-corrected chi connectivity index (χ1v) is 13.9. The molecule has 0 radical (unpaired) electrons. The smallest absolute Gasteiger partial charge is 0.279 e. The minimum absolute atomic E-state index is 0.0374. The lowest BCUT2D eigenvalue weighted by molar-refractivity contribution is 0.0997. The standard InChI is InChI=1S/C26H31N3O3S2/c1-5-15-29-23-17-18(2)16-19(3)24(23)33-26(29)27-25(30)20-11-13-22(14-12-20)34(31,32)28(4)21-9-7-6-8-10-21/h5,11-14,16-17,21H,1,6-10,15H2,2-4H3. The Bertz CT molecular complexity index is 1390. The molecule has 0 saturated heterocycles. The number of benzene rings is 2. The zero-order chi connectivity index (χ0) is 24.5. The van der Waals surface area contributed by atoms with E-state index in [1.165, 1.54) is 27.8 Å². The summed E-state index contributed by atoms with van der Waals surface area (Å²) in [6.07, 6.45) is 6.85. The van der Waals surface area contributed by atoms with Crippen molar-refractivity contribution in [3.63, 3.8) is 0 Å². The summed E-state index contributed by atoms with van der Waals surface area (Å²) in [5.41, 5.74) is 3.67. The van der Waals surface area contributed by atoms with Crippen molar-refractivity contribution in [3.8, 4) is 0 Å². The number of hydrogen-bond acceptors (Lipinski definition) is 4. The largest absolute Gasteiger partial charge is 0.312 e. The zero-order valence-corrected chi connectivity index (χ0v) is 21.6. The minimum Gasteiger partial charge on any atom is -0.312 e. The van der Waals surface area contributed by atoms with Gasteiger partial charge in [-0.2, -0.15) is 9.30 Å². The molecule has 0 bridgehead atoms. The van der Waals surface area contributed by atoms with Crippen LogP contribution in [0.15, 0.2) is 58.9 Å². The number of allylic oxidation sites excluding steroid dienone is 1. The Morgan fingerprint density at radius 3 is 2.50 bits per heavy atom. The summed E-state index contributed by atoms with van der Waals surface area (Å²) in [4.78, 5) is 18.2. The lowest BCUT2D eigenvalue weighted by atomic mass is 9.96. The molecule has 1 aliphatic carbocycles. The van der Waals surface area contributed by atoms with Crippen molar-refractivity contribution >= 4 is 37.5 Å². The number of fused-ring (bicyclic) bond motifs is 1. The van der Waals surface area contributed by atoms with Crippen LogP contribution < -0.4 is 4.80 Å². The Hall–Kier alpha value is -2.55. The van der Waals surface area contributed by atoms with Gasteiger partial charge in [-0.1, -0.05) is 42.7 Å². The fourth-order valence-electron chi connectivity index (χ4n) is 4.63. The molecule has 0 spiro atoms. The number of hydrogen-bond donors (Lipinski definition) is 0. The minimum atomic E-state index is -3.60. The van der Waals surface area contributed by atoms with Crippen LogP contribution >= 0.6 is 11.3 Å². The summed E-state index contributed by atoms with van der Waals surface area (Å²) in [5.74, 6) is -0.400. The molecule has 0 unspecified atom stereocenters. The van der Waals surface area contributed by atoms with Crippen LogP contribution in [0.2, 0.25) is 0 Å². The van der Waals surface area contributed by atoms with E-state index < -0.39 is 15.9 Å². The summed E-state index contributed by atoms with van der Waals surface area (Å²) in [6, 6.07) is 10.4. The van der Waals surface area contributed by atoms with E-state index in [9.17, 15) is 13.2 Å². The Morgan fingerprint density at radius 2 is 1.85 bits per heavy atom. The molecule has 1 aromatic heterocycles. The molecule has 4 rings (SSSR count). The predicted molar refractivity (Wildman–Crippen MR) is 138 cm³/mol. The van der Waals surface area contributed by atoms with Gasteiger partial charge in [-0.05, 0) is 68.1 Å². The summed E-state index contributed by atoms with van der Waals surface area (Å²) in [5, 5.41) is 0. The topological polar surface area (TPSA) is 71.7 Å². The van der Waals surface area contributed by atoms with Gasteiger partial charge in [-0.25, -0.2) is 8.42 Å². The van der Waals surface area contributed by atoms with Crippen LogP contribution in [0.3, 0.4) is 0 Å². The summed E-state index contributed by atoms with van der Waals surface area (Å²) < 4.78 is 30.7. The lowest BCUT2D eigenvalue weighted by Gasteiger charge is -2.30. The summed E-state index contributed by atoms with van der Waals surface area (Å²) in [6.45, 7) is 8.49. The highest BCUT2D eigenvalue weighted by Gasteiger charge is 2.29. The van der Waals surface area contributed by atoms with Crippen LogP contribution in [0.5, 0.6) is 0 Å². The first kappa shape index (κ1) is 24.6. The Labute approximate surface area is 205 Å². The number of sulfonamides is 1. The van der Waals surface area contributed by atoms with Gasteiger partial charge in [-0.3, -0.25) is 4.79 Å². The van der Waals surface area contributed by atoms with Crippen LogP contribution in [0.25, 0.3) is 10.2 Å². The molecule has 6 nitrogen and oxygen atoms in total. The van der Waals surface area contributed by atoms with Gasteiger partial charge < -0.3 is 4.57 Å². The number of aromatic nitrogens is 1. The van der Waals surface area contributed by atoms with Crippen molar-refractivity contribution in [3.05, 3.63) is 70.5 Å². The van der Waals surface area contributed by atoms with Crippen molar-refractivity contribution < 1.29 is 13.2 Å². The molecule has 8 heteroatoms. The zero-order valence-electron chi connectivity index (χ0n) is 20.0. The first-order valence-electron chi connectivity index (χ1n) is 11.6. The second kappa shape index (κ2) is 9.98. The molecule has 0 atom stereocenters. The molecule has 2 aromatic carbocycles. The van der Waals surface area contributed by atoms with Crippen molar-refractivity contribution in [2.24, 2.45) is 4.99 Å². The van der Waals surface area contributed by atoms with E-state index in [1.54, 1.807) is 25.3 Å². The highest BCUT2D eigenvalue weighted by Crippen LogP contribution is 2.27. The molecule has 1 amide bonds. The number of carbonyl (C=O) groups is 1. The third-order valence-electron chi connectivity index (χ3n) is 6.49. The number of amides is 1. The number of nitrogens with zero attached hydrogens (tertiary/aromatic N) is 3. The van der Waals surface area contributed by atoms with E-state index in [4.69, 9.17) is 0 Å². The number of carbonyl (C=O) groups excluding carboxylic acids is 1. The average Bonchev–Trinajstić information content (AvgIpc) is 3.16. The fourth-order valence-corrected chi connectivity index (χ4v) is 7.14. The molecule has 1 fully saturated rings. The Kier molecular flexibility index (Phi) is 7.21. The fraction of sp³-hybridized carbons (Fsp3) is 0.385. The number of rotatable bonds is 6. The predicted octanol–water partition coefficient (Wildman–Crippen LogP) is 5.20. The van der Waals surface area contributed by atoms with Gasteiger partial charge in [0.15, 0.2) is 4.80 Å². The Balaban J connectivity index is 1.64. The van der Waals surface area contributed by atoms with Crippen molar-refractivity contribution in [1.82, 2.24) is 8.87 Å². The maximum atomic E-state index is 13.1. The van der Waals surface area contributed by atoms with E-state index >= 15 is 0 Å². The van der Waals surface area contributed by atoms with Crippen molar-refractivity contribution in [1.29, 1.82) is 0 Å². The molecular formula is C26H31N3O3S2. The van der Waals surface area contributed by atoms with Gasteiger partial charge in [0.25, 0.3) is 5.91 Å². The van der Waals surface area contributed by atoms with Crippen LogP contribution in [-0.2, 0) is 16.6 Å². The van der Waals surface area contributed by atoms with Gasteiger partial charge in [0.2, 0.25) is 10.0 Å². The third-order valence-corrected chi connectivity index (χ3v) is 9.64. The van der Waals surface area contributed by atoms with E-state index in [0.717, 1.165) is 53.4 Å². The lowest BCUT2D eigenvalue weighted by Crippen LogP contribution is -2.38. The molecule has 0 N–H and O–H groups in total. The number of thiazole rings is 1. The normalized spacial score (nSPS) is 15.8. The van der Waals surface area contributed by atoms with E-state index in [1.807, 2.05) is 11.5 Å². The summed E-state index contributed by atoms with van der Waals surface area (Å²) in [7, 11) is -1.95. The van der Waals surface area contributed by atoms with Crippen molar-refractivity contribution in [2.45, 2.75) is 63.4 Å². The second-order valence-corrected chi connectivity index (χ2v) is 11.9. The SMILES string of the molecule is C=CCn1c(=NC(=O)c2ccc(S(=O)(=O)N(C)C3CCCCC3)cc2)sc2c(C)cc(C)cc21. The van der Waals surface area contributed by atoms with E-state index in [0.29, 0.717) is 16.9 Å². The molecule has 180 valence electrons. The average molecular weight is 498 g/mol. The maximum Gasteiger partial charge on any atom is 0.279 e. The van der Waals surface area contributed by atoms with Gasteiger partial charge in [0, 0.05) is 25.2 Å². The second-order valence-electron chi connectivity index (χ2n) is 8.97. The van der Waals surface area contributed by atoms with Gasteiger partial charge in [-0.15, -0.1) is 6.58 Å². The highest BCUT2D eigenvalue weighted by atomic mass is 32.2. The maximum absolute atomic E-state index is 13.1. The van der Waals surface area contributed by atoms with Crippen LogP contribution in [-0.4, -0.2) is 36.3 Å². The molecular weight excluding hydrogens is 466 g/mol. The Morgan fingerprint density at radius 1 is 1.18 bits per heavy atom. The summed E-state index contributed by atoms with van der Waals surface area (Å²) >= 11 is 1.47. The number of aryl methyl sites for hydroxylation is 2. The van der Waals surface area contributed by atoms with Crippen LogP contribution in [0.1, 0.15) is 53.6 Å². The third kappa shape index (κ3) is 4.80. The van der Waals surface area contributed by atoms with Gasteiger partial charge in [0.05, 0.1) is 15.1 Å². The molecule has 34 heavy (non-hydrogen) atoms. The van der Waals surface area contributed by atoms with Gasteiger partial charge in [0.1, 0.15) is 0 Å². The molecule has 0 aliphatic heterocycles. The molecule has 1 aliphatic rings. The monoisotopic (exact) mass is 497 g/mol. The quantitative estimate of drug-likeness (QED) is 0.440. The van der Waals surface area contributed by atoms with Crippen LogP contribution in [0.4, 0.5) is 0 Å². The van der Waals surface area contributed by atoms with Gasteiger partial charge >= 0.3 is 0 Å². The van der Waals surface area contributed by atoms with Crippen LogP contribution in [0, 0.1) is 13.8 Å². The molecule has 1 heterocycles. The molecule has 3 aromatic rings.